The van der Waals surface area contributed by atoms with Crippen molar-refractivity contribution in [3.63, 3.8) is 0 Å². The number of hydrazone groups is 1. The summed E-state index contributed by atoms with van der Waals surface area (Å²) in [6, 6.07) is 3.65. The highest BCUT2D eigenvalue weighted by Gasteiger charge is 2.24. The van der Waals surface area contributed by atoms with E-state index in [0.717, 1.165) is 5.69 Å². The Balaban J connectivity index is 2.84. The number of pyridine rings is 1. The van der Waals surface area contributed by atoms with Crippen LogP contribution in [0.3, 0.4) is 0 Å². The quantitative estimate of drug-likeness (QED) is 0.379. The highest BCUT2D eigenvalue weighted by Crippen LogP contribution is 2.15. The van der Waals surface area contributed by atoms with Gasteiger partial charge in [0.05, 0.1) is 23.5 Å². The van der Waals surface area contributed by atoms with Crippen LogP contribution in [0.4, 0.5) is 5.69 Å². The number of ether oxygens (including phenoxy) is 1. The van der Waals surface area contributed by atoms with Gasteiger partial charge in [-0.05, 0) is 32.2 Å². The van der Waals surface area contributed by atoms with Crippen molar-refractivity contribution in [3.05, 3.63) is 36.8 Å². The Kier molecular flexibility index (Phi) is 8.81. The van der Waals surface area contributed by atoms with E-state index < -0.39 is 6.10 Å². The minimum absolute atomic E-state index is 0.133. The summed E-state index contributed by atoms with van der Waals surface area (Å²) in [6.45, 7) is 7.88. The summed E-state index contributed by atoms with van der Waals surface area (Å²) in [4.78, 5) is 18.0. The number of thioether (sulfide) groups is 1. The lowest BCUT2D eigenvalue weighted by molar-refractivity contribution is -0.138. The van der Waals surface area contributed by atoms with Gasteiger partial charge < -0.3 is 9.64 Å². The molecule has 1 aromatic heterocycles. The van der Waals surface area contributed by atoms with Gasteiger partial charge in [0.1, 0.15) is 6.10 Å². The number of hydrogen-bond donors (Lipinski definition) is 0. The standard InChI is InChI=1S/C16H23ClN4O2S/c1-6-21(16(22)13(3)23-11-24-5)12(2)15(17)19-20(4)14-8-7-9-18-10-14/h7-10,13H,2,6,11H2,1,3-5H3. The summed E-state index contributed by atoms with van der Waals surface area (Å²) in [5.41, 5.74) is 1.11. The summed E-state index contributed by atoms with van der Waals surface area (Å²) in [5, 5.41) is 5.97. The molecule has 1 aromatic rings. The van der Waals surface area contributed by atoms with Crippen molar-refractivity contribution in [2.45, 2.75) is 20.0 Å². The minimum atomic E-state index is -0.574. The zero-order chi connectivity index (χ0) is 18.1. The summed E-state index contributed by atoms with van der Waals surface area (Å²) in [7, 11) is 1.75. The molecule has 0 aliphatic rings. The van der Waals surface area contributed by atoms with E-state index in [4.69, 9.17) is 16.3 Å². The van der Waals surface area contributed by atoms with Crippen LogP contribution in [0.5, 0.6) is 0 Å². The smallest absolute Gasteiger partial charge is 0.255 e. The molecule has 24 heavy (non-hydrogen) atoms. The van der Waals surface area contributed by atoms with Crippen LogP contribution in [0.15, 0.2) is 41.9 Å². The Labute approximate surface area is 152 Å². The number of carbonyl (C=O) groups excluding carboxylic acids is 1. The topological polar surface area (TPSA) is 58.0 Å². The maximum absolute atomic E-state index is 12.5. The fourth-order valence-corrected chi connectivity index (χ4v) is 2.40. The number of likely N-dealkylation sites (N-methyl/N-ethyl adjacent to an activating group) is 1. The number of carbonyl (C=O) groups is 1. The molecular weight excluding hydrogens is 348 g/mol. The first-order valence-electron chi connectivity index (χ1n) is 7.41. The third-order valence-electron chi connectivity index (χ3n) is 3.19. The number of hydrogen-bond acceptors (Lipinski definition) is 6. The maximum Gasteiger partial charge on any atom is 0.255 e. The molecule has 0 aromatic carbocycles. The van der Waals surface area contributed by atoms with Gasteiger partial charge in [-0.3, -0.25) is 14.8 Å². The van der Waals surface area contributed by atoms with Gasteiger partial charge in [-0.25, -0.2) is 0 Å². The van der Waals surface area contributed by atoms with E-state index in [1.54, 1.807) is 37.4 Å². The fraction of sp³-hybridized carbons (Fsp3) is 0.438. The van der Waals surface area contributed by atoms with Crippen LogP contribution in [0.25, 0.3) is 0 Å². The molecule has 1 unspecified atom stereocenters. The summed E-state index contributed by atoms with van der Waals surface area (Å²) >= 11 is 7.76. The van der Waals surface area contributed by atoms with Crippen molar-refractivity contribution in [1.29, 1.82) is 0 Å². The lowest BCUT2D eigenvalue weighted by Crippen LogP contribution is -2.39. The summed E-state index contributed by atoms with van der Waals surface area (Å²) in [5.74, 6) is 0.247. The van der Waals surface area contributed by atoms with E-state index in [1.807, 2.05) is 19.2 Å². The Hall–Kier alpha value is -1.57. The molecule has 1 amide bonds. The molecule has 1 rings (SSSR count). The molecule has 0 bridgehead atoms. The van der Waals surface area contributed by atoms with Gasteiger partial charge in [0.15, 0.2) is 5.17 Å². The number of rotatable bonds is 9. The van der Waals surface area contributed by atoms with Crippen molar-refractivity contribution in [3.8, 4) is 0 Å². The zero-order valence-corrected chi connectivity index (χ0v) is 16.0. The molecule has 0 N–H and O–H groups in total. The van der Waals surface area contributed by atoms with Crippen LogP contribution in [0.2, 0.25) is 0 Å². The lowest BCUT2D eigenvalue weighted by atomic mass is 10.3. The molecule has 0 saturated heterocycles. The van der Waals surface area contributed by atoms with Gasteiger partial charge >= 0.3 is 0 Å². The molecule has 0 radical (unpaired) electrons. The van der Waals surface area contributed by atoms with E-state index in [0.29, 0.717) is 18.2 Å². The Morgan fingerprint density at radius 1 is 1.58 bits per heavy atom. The number of allylic oxidation sites excluding steroid dienone is 1. The number of amides is 1. The molecule has 0 fully saturated rings. The van der Waals surface area contributed by atoms with Crippen molar-refractivity contribution in [2.75, 3.05) is 30.8 Å². The van der Waals surface area contributed by atoms with Gasteiger partial charge in [0.25, 0.3) is 5.91 Å². The first-order chi connectivity index (χ1) is 11.4. The van der Waals surface area contributed by atoms with Crippen LogP contribution in [0, 0.1) is 0 Å². The number of nitrogens with zero attached hydrogens (tertiary/aromatic N) is 4. The van der Waals surface area contributed by atoms with Crippen LogP contribution in [-0.2, 0) is 9.53 Å². The van der Waals surface area contributed by atoms with Gasteiger partial charge in [-0.1, -0.05) is 18.2 Å². The van der Waals surface area contributed by atoms with Crippen molar-refractivity contribution < 1.29 is 9.53 Å². The average Bonchev–Trinajstić information content (AvgIpc) is 2.60. The van der Waals surface area contributed by atoms with Crippen molar-refractivity contribution >= 4 is 40.1 Å². The molecule has 0 saturated carbocycles. The second kappa shape index (κ2) is 10.3. The van der Waals surface area contributed by atoms with Gasteiger partial charge in [0, 0.05) is 19.8 Å². The average molecular weight is 371 g/mol. The van der Waals surface area contributed by atoms with Crippen LogP contribution >= 0.6 is 23.4 Å². The predicted molar refractivity (Wildman–Crippen MR) is 101 cm³/mol. The van der Waals surface area contributed by atoms with E-state index in [2.05, 4.69) is 16.7 Å². The van der Waals surface area contributed by atoms with Gasteiger partial charge in [0.2, 0.25) is 0 Å². The van der Waals surface area contributed by atoms with Crippen LogP contribution < -0.4 is 5.01 Å². The monoisotopic (exact) mass is 370 g/mol. The van der Waals surface area contributed by atoms with Crippen molar-refractivity contribution in [1.82, 2.24) is 9.88 Å². The van der Waals surface area contributed by atoms with Crippen LogP contribution in [-0.4, -0.2) is 52.9 Å². The molecule has 8 heteroatoms. The van der Waals surface area contributed by atoms with Crippen molar-refractivity contribution in [2.24, 2.45) is 5.10 Å². The van der Waals surface area contributed by atoms with E-state index in [1.165, 1.54) is 16.7 Å². The van der Waals surface area contributed by atoms with Gasteiger partial charge in [-0.15, -0.1) is 11.8 Å². The summed E-state index contributed by atoms with van der Waals surface area (Å²) < 4.78 is 5.45. The van der Waals surface area contributed by atoms with E-state index in [9.17, 15) is 4.79 Å². The molecule has 0 aliphatic heterocycles. The fourth-order valence-electron chi connectivity index (χ4n) is 1.84. The third-order valence-corrected chi connectivity index (χ3v) is 3.85. The second-order valence-corrected chi connectivity index (χ2v) is 6.04. The molecule has 0 aliphatic carbocycles. The highest BCUT2D eigenvalue weighted by atomic mass is 35.5. The highest BCUT2D eigenvalue weighted by molar-refractivity contribution is 7.98. The second-order valence-electron chi connectivity index (χ2n) is 4.87. The van der Waals surface area contributed by atoms with Crippen LogP contribution in [0.1, 0.15) is 13.8 Å². The molecule has 1 atom stereocenters. The first kappa shape index (κ1) is 20.5. The Morgan fingerprint density at radius 3 is 2.83 bits per heavy atom. The lowest BCUT2D eigenvalue weighted by Gasteiger charge is -2.26. The molecule has 6 nitrogen and oxygen atoms in total. The molecular formula is C16H23ClN4O2S. The molecule has 0 spiro atoms. The van der Waals surface area contributed by atoms with Gasteiger partial charge in [-0.2, -0.15) is 5.10 Å². The molecule has 132 valence electrons. The number of halogens is 1. The minimum Gasteiger partial charge on any atom is -0.358 e. The Bertz CT molecular complexity index is 583. The number of aromatic nitrogens is 1. The van der Waals surface area contributed by atoms with E-state index in [-0.39, 0.29) is 11.1 Å². The third kappa shape index (κ3) is 5.81. The normalized spacial score (nSPS) is 12.6. The maximum atomic E-state index is 12.5. The van der Waals surface area contributed by atoms with E-state index >= 15 is 0 Å². The largest absolute Gasteiger partial charge is 0.358 e. The Morgan fingerprint density at radius 2 is 2.29 bits per heavy atom. The number of anilines is 1. The zero-order valence-electron chi connectivity index (χ0n) is 14.4. The SMILES string of the molecule is C=C(C(Cl)=NN(C)c1cccnc1)N(CC)C(=O)C(C)OCSC. The molecule has 1 heterocycles. The predicted octanol–water partition coefficient (Wildman–Crippen LogP) is 3.16. The first-order valence-corrected chi connectivity index (χ1v) is 9.18. The summed E-state index contributed by atoms with van der Waals surface area (Å²) in [6.07, 6.45) is 4.67.